The highest BCUT2D eigenvalue weighted by Crippen LogP contribution is 2.24. The Kier molecular flexibility index (Phi) is 1.42. The zero-order chi connectivity index (χ0) is 9.42. The monoisotopic (exact) mass is 180 g/mol. The lowest BCUT2D eigenvalue weighted by atomic mass is 10.4. The lowest BCUT2D eigenvalue weighted by Crippen LogP contribution is -1.83. The summed E-state index contributed by atoms with van der Waals surface area (Å²) in [5, 5.41) is 10.3. The number of furan rings is 1. The molecule has 0 unspecified atom stereocenters. The summed E-state index contributed by atoms with van der Waals surface area (Å²) >= 11 is 0. The summed E-state index contributed by atoms with van der Waals surface area (Å²) in [4.78, 5) is 22.6. The average molecular weight is 180 g/mol. The van der Waals surface area contributed by atoms with Crippen LogP contribution in [0.15, 0.2) is 16.5 Å². The first kappa shape index (κ1) is 7.53. The molecule has 0 fully saturated rings. The smallest absolute Gasteiger partial charge is 0.399 e. The van der Waals surface area contributed by atoms with Crippen LogP contribution >= 0.6 is 0 Å². The number of aromatic nitrogens is 1. The van der Waals surface area contributed by atoms with Crippen molar-refractivity contribution < 1.29 is 14.1 Å². The van der Waals surface area contributed by atoms with Crippen LogP contribution in [0.3, 0.4) is 0 Å². The van der Waals surface area contributed by atoms with Crippen molar-refractivity contribution in [3.05, 3.63) is 27.9 Å². The Morgan fingerprint density at radius 3 is 2.85 bits per heavy atom. The molecule has 2 aromatic heterocycles. The number of rotatable bonds is 2. The lowest BCUT2D eigenvalue weighted by Gasteiger charge is -1.79. The van der Waals surface area contributed by atoms with Gasteiger partial charge in [0, 0.05) is 6.07 Å². The summed E-state index contributed by atoms with van der Waals surface area (Å²) in [5.74, 6) is -0.335. The second-order valence-corrected chi connectivity index (χ2v) is 2.46. The maximum Gasteiger partial charge on any atom is 0.435 e. The third-order valence-corrected chi connectivity index (χ3v) is 1.62. The molecule has 0 amide bonds. The largest absolute Gasteiger partial charge is 0.435 e. The first-order valence-corrected chi connectivity index (χ1v) is 3.43. The van der Waals surface area contributed by atoms with Gasteiger partial charge in [0.1, 0.15) is 4.92 Å². The van der Waals surface area contributed by atoms with Crippen molar-refractivity contribution in [2.45, 2.75) is 0 Å². The van der Waals surface area contributed by atoms with Gasteiger partial charge in [-0.15, -0.1) is 0 Å². The van der Waals surface area contributed by atoms with E-state index in [2.05, 4.69) is 4.98 Å². The Hall–Kier alpha value is -2.11. The van der Waals surface area contributed by atoms with Gasteiger partial charge in [0.25, 0.3) is 0 Å². The van der Waals surface area contributed by atoms with Crippen LogP contribution in [0.4, 0.5) is 5.88 Å². The van der Waals surface area contributed by atoms with Crippen LogP contribution in [0, 0.1) is 10.1 Å². The van der Waals surface area contributed by atoms with Gasteiger partial charge in [-0.1, -0.05) is 0 Å². The number of carbonyl (C=O) groups is 1. The Balaban J connectivity index is 2.60. The number of carbonyl (C=O) groups excluding carboxylic acids is 1. The number of hydrogen-bond donors (Lipinski definition) is 1. The number of H-pyrrole nitrogens is 1. The SMILES string of the molecule is O=Cc1cc2oc([N+](=O)[O-])cc2[nH]1. The van der Waals surface area contributed by atoms with Crippen LogP contribution in [0.5, 0.6) is 0 Å². The molecule has 0 saturated heterocycles. The number of aldehydes is 1. The molecule has 0 aliphatic rings. The molecule has 13 heavy (non-hydrogen) atoms. The Bertz CT molecular complexity index is 450. The van der Waals surface area contributed by atoms with Gasteiger partial charge in [0.2, 0.25) is 0 Å². The van der Waals surface area contributed by atoms with E-state index in [0.717, 1.165) is 0 Å². The van der Waals surface area contributed by atoms with Crippen LogP contribution in [0.25, 0.3) is 11.1 Å². The van der Waals surface area contributed by atoms with Gasteiger partial charge in [-0.05, 0) is 0 Å². The van der Waals surface area contributed by atoms with Crippen molar-refractivity contribution >= 4 is 23.3 Å². The van der Waals surface area contributed by atoms with Gasteiger partial charge in [-0.3, -0.25) is 14.9 Å². The predicted octanol–water partition coefficient (Wildman–Crippen LogP) is 1.48. The molecule has 66 valence electrons. The van der Waals surface area contributed by atoms with Crippen molar-refractivity contribution in [1.82, 2.24) is 4.98 Å². The molecule has 0 aliphatic heterocycles. The molecule has 0 spiro atoms. The van der Waals surface area contributed by atoms with E-state index in [0.29, 0.717) is 23.1 Å². The van der Waals surface area contributed by atoms with Crippen LogP contribution in [-0.2, 0) is 0 Å². The van der Waals surface area contributed by atoms with E-state index in [1.165, 1.54) is 12.1 Å². The molecule has 0 saturated carbocycles. The van der Waals surface area contributed by atoms with Gasteiger partial charge in [-0.2, -0.15) is 0 Å². The summed E-state index contributed by atoms with van der Waals surface area (Å²) < 4.78 is 4.82. The molecule has 2 aromatic rings. The quantitative estimate of drug-likeness (QED) is 0.430. The van der Waals surface area contributed by atoms with Crippen molar-refractivity contribution in [2.75, 3.05) is 0 Å². The fourth-order valence-electron chi connectivity index (χ4n) is 1.08. The maximum absolute atomic E-state index is 10.3. The zero-order valence-corrected chi connectivity index (χ0v) is 6.31. The van der Waals surface area contributed by atoms with E-state index >= 15 is 0 Å². The van der Waals surface area contributed by atoms with Crippen LogP contribution < -0.4 is 0 Å². The van der Waals surface area contributed by atoms with E-state index in [4.69, 9.17) is 4.42 Å². The van der Waals surface area contributed by atoms with Crippen LogP contribution in [0.1, 0.15) is 10.5 Å². The Labute approximate surface area is 71.3 Å². The third-order valence-electron chi connectivity index (χ3n) is 1.62. The molecule has 0 radical (unpaired) electrons. The molecule has 2 rings (SSSR count). The number of hydrogen-bond acceptors (Lipinski definition) is 4. The van der Waals surface area contributed by atoms with Gasteiger partial charge in [0.05, 0.1) is 17.3 Å². The predicted molar refractivity (Wildman–Crippen MR) is 42.6 cm³/mol. The van der Waals surface area contributed by atoms with E-state index in [1.54, 1.807) is 0 Å². The van der Waals surface area contributed by atoms with E-state index in [-0.39, 0.29) is 5.88 Å². The maximum atomic E-state index is 10.3. The minimum Gasteiger partial charge on any atom is -0.399 e. The summed E-state index contributed by atoms with van der Waals surface area (Å²) in [7, 11) is 0. The summed E-state index contributed by atoms with van der Waals surface area (Å²) in [6.07, 6.45) is 0.612. The third kappa shape index (κ3) is 1.08. The number of fused-ring (bicyclic) bond motifs is 1. The second-order valence-electron chi connectivity index (χ2n) is 2.46. The number of nitro groups is 1. The van der Waals surface area contributed by atoms with Crippen LogP contribution in [-0.4, -0.2) is 16.2 Å². The normalized spacial score (nSPS) is 10.5. The van der Waals surface area contributed by atoms with Crippen molar-refractivity contribution in [2.24, 2.45) is 0 Å². The molecule has 6 nitrogen and oxygen atoms in total. The molecule has 2 heterocycles. The minimum atomic E-state index is -0.631. The molecule has 0 atom stereocenters. The van der Waals surface area contributed by atoms with Crippen LogP contribution in [0.2, 0.25) is 0 Å². The van der Waals surface area contributed by atoms with Gasteiger partial charge in [-0.25, -0.2) is 0 Å². The molecule has 0 aliphatic carbocycles. The summed E-state index contributed by atoms with van der Waals surface area (Å²) in [6, 6.07) is 2.65. The molecule has 0 aromatic carbocycles. The van der Waals surface area contributed by atoms with Crippen molar-refractivity contribution in [1.29, 1.82) is 0 Å². The topological polar surface area (TPSA) is 89.1 Å². The lowest BCUT2D eigenvalue weighted by molar-refractivity contribution is -0.401. The highest BCUT2D eigenvalue weighted by Gasteiger charge is 2.15. The van der Waals surface area contributed by atoms with Gasteiger partial charge >= 0.3 is 5.88 Å². The first-order chi connectivity index (χ1) is 6.20. The number of nitrogens with one attached hydrogen (secondary N) is 1. The molecule has 0 bridgehead atoms. The highest BCUT2D eigenvalue weighted by molar-refractivity contribution is 5.85. The Morgan fingerprint density at radius 1 is 1.54 bits per heavy atom. The summed E-state index contributed by atoms with van der Waals surface area (Å²) in [6.45, 7) is 0. The molecular formula is C7H4N2O4. The number of aromatic amines is 1. The summed E-state index contributed by atoms with van der Waals surface area (Å²) in [5.41, 5.74) is 1.10. The minimum absolute atomic E-state index is 0.314. The van der Waals surface area contributed by atoms with Crippen molar-refractivity contribution in [3.63, 3.8) is 0 Å². The standard InChI is InChI=1S/C7H4N2O4/c10-3-4-1-6-5(8-4)2-7(13-6)9(11)12/h1-3,8H. The zero-order valence-electron chi connectivity index (χ0n) is 6.31. The fourth-order valence-corrected chi connectivity index (χ4v) is 1.08. The molecule has 6 heteroatoms. The van der Waals surface area contributed by atoms with Gasteiger partial charge < -0.3 is 9.40 Å². The fraction of sp³-hybridized carbons (Fsp3) is 0. The van der Waals surface area contributed by atoms with E-state index < -0.39 is 4.92 Å². The van der Waals surface area contributed by atoms with E-state index in [1.807, 2.05) is 0 Å². The van der Waals surface area contributed by atoms with Gasteiger partial charge in [0.15, 0.2) is 11.9 Å². The highest BCUT2D eigenvalue weighted by atomic mass is 16.6. The average Bonchev–Trinajstić information content (AvgIpc) is 2.58. The Morgan fingerprint density at radius 2 is 2.31 bits per heavy atom. The molecule has 1 N–H and O–H groups in total. The second kappa shape index (κ2) is 2.44. The number of nitrogens with zero attached hydrogens (tertiary/aromatic N) is 1. The van der Waals surface area contributed by atoms with Crippen molar-refractivity contribution in [3.8, 4) is 0 Å². The first-order valence-electron chi connectivity index (χ1n) is 3.43. The van der Waals surface area contributed by atoms with E-state index in [9.17, 15) is 14.9 Å². The molecular weight excluding hydrogens is 176 g/mol.